The van der Waals surface area contributed by atoms with Gasteiger partial charge in [0.15, 0.2) is 6.10 Å². The molecule has 1 atom stereocenters. The summed E-state index contributed by atoms with van der Waals surface area (Å²) in [6, 6.07) is 8.15. The Bertz CT molecular complexity index is 553. The number of amides is 3. The quantitative estimate of drug-likeness (QED) is 0.809. The predicted molar refractivity (Wildman–Crippen MR) is 81.9 cm³/mol. The van der Waals surface area contributed by atoms with Crippen molar-refractivity contribution >= 4 is 17.9 Å². The molecule has 0 saturated heterocycles. The zero-order chi connectivity index (χ0) is 16.9. The van der Waals surface area contributed by atoms with Crippen LogP contribution in [0.2, 0.25) is 0 Å². The molecule has 1 aromatic rings. The van der Waals surface area contributed by atoms with E-state index in [1.165, 1.54) is 0 Å². The summed E-state index contributed by atoms with van der Waals surface area (Å²) in [4.78, 5) is 35.1. The largest absolute Gasteiger partial charge is 0.451 e. The van der Waals surface area contributed by atoms with Gasteiger partial charge in [0, 0.05) is 0 Å². The second-order valence-electron chi connectivity index (χ2n) is 5.91. The molecule has 22 heavy (non-hydrogen) atoms. The third-order valence-corrected chi connectivity index (χ3v) is 3.35. The number of ether oxygens (including phenoxy) is 1. The van der Waals surface area contributed by atoms with Crippen molar-refractivity contribution in [3.63, 3.8) is 0 Å². The minimum absolute atomic E-state index is 0.296. The topological polar surface area (TPSA) is 98.5 Å². The van der Waals surface area contributed by atoms with Crippen molar-refractivity contribution in [3.05, 3.63) is 35.9 Å². The molecule has 1 aromatic carbocycles. The number of imide groups is 1. The average Bonchev–Trinajstić information content (AvgIpc) is 2.44. The molecule has 0 aliphatic heterocycles. The first-order valence-corrected chi connectivity index (χ1v) is 7.03. The van der Waals surface area contributed by atoms with E-state index in [9.17, 15) is 14.4 Å². The molecular weight excluding hydrogens is 284 g/mol. The molecule has 0 saturated carbocycles. The molecule has 0 radical (unpaired) electrons. The summed E-state index contributed by atoms with van der Waals surface area (Å²) >= 11 is 0. The Balaban J connectivity index is 2.92. The number of hydrogen-bond acceptors (Lipinski definition) is 4. The summed E-state index contributed by atoms with van der Waals surface area (Å²) in [5.74, 6) is -1.56. The lowest BCUT2D eigenvalue weighted by molar-refractivity contribution is -0.162. The maximum absolute atomic E-state index is 12.5. The lowest BCUT2D eigenvalue weighted by atomic mass is 9.84. The van der Waals surface area contributed by atoms with Gasteiger partial charge < -0.3 is 10.5 Å². The van der Waals surface area contributed by atoms with Gasteiger partial charge in [-0.15, -0.1) is 0 Å². The molecule has 0 spiro atoms. The Labute approximate surface area is 130 Å². The molecule has 0 bridgehead atoms. The molecule has 0 aromatic heterocycles. The maximum Gasteiger partial charge on any atom is 0.318 e. The molecule has 0 unspecified atom stereocenters. The molecule has 6 heteroatoms. The summed E-state index contributed by atoms with van der Waals surface area (Å²) in [6.07, 6.45) is -1.08. The Kier molecular flexibility index (Phi) is 5.68. The Morgan fingerprint density at radius 1 is 1.14 bits per heavy atom. The second-order valence-corrected chi connectivity index (χ2v) is 5.91. The Morgan fingerprint density at radius 2 is 1.68 bits per heavy atom. The fraction of sp³-hybridized carbons (Fsp3) is 0.438. The van der Waals surface area contributed by atoms with Crippen LogP contribution in [-0.2, 0) is 19.7 Å². The summed E-state index contributed by atoms with van der Waals surface area (Å²) in [6.45, 7) is 6.87. The van der Waals surface area contributed by atoms with E-state index in [2.05, 4.69) is 0 Å². The molecule has 0 aliphatic rings. The van der Waals surface area contributed by atoms with Gasteiger partial charge in [0.05, 0.1) is 5.41 Å². The standard InChI is InChI=1S/C16H22N2O4/c1-10(2)12(13(19)18-15(17)21)22-14(20)16(3,4)11-8-6-5-7-9-11/h5-10,12H,1-4H3,(H3,17,18,19,21)/t12-/m0/s1. The van der Waals surface area contributed by atoms with E-state index in [1.807, 2.05) is 35.6 Å². The molecule has 6 nitrogen and oxygen atoms in total. The first-order chi connectivity index (χ1) is 10.2. The van der Waals surface area contributed by atoms with Gasteiger partial charge in [0.1, 0.15) is 0 Å². The Hall–Kier alpha value is -2.37. The van der Waals surface area contributed by atoms with Crippen LogP contribution >= 0.6 is 0 Å². The van der Waals surface area contributed by atoms with Crippen LogP contribution in [0.25, 0.3) is 0 Å². The molecule has 0 heterocycles. The molecule has 0 aliphatic carbocycles. The fourth-order valence-electron chi connectivity index (χ4n) is 1.92. The molecule has 3 N–H and O–H groups in total. The van der Waals surface area contributed by atoms with Crippen LogP contribution in [0.3, 0.4) is 0 Å². The van der Waals surface area contributed by atoms with Gasteiger partial charge >= 0.3 is 12.0 Å². The highest BCUT2D eigenvalue weighted by molar-refractivity contribution is 5.97. The number of esters is 1. The van der Waals surface area contributed by atoms with E-state index in [4.69, 9.17) is 10.5 Å². The molecule has 3 amide bonds. The van der Waals surface area contributed by atoms with Crippen LogP contribution in [0.15, 0.2) is 30.3 Å². The van der Waals surface area contributed by atoms with Gasteiger partial charge in [0.2, 0.25) is 0 Å². The number of primary amides is 1. The normalized spacial score (nSPS) is 12.6. The number of hydrogen-bond donors (Lipinski definition) is 2. The highest BCUT2D eigenvalue weighted by Gasteiger charge is 2.36. The zero-order valence-corrected chi connectivity index (χ0v) is 13.3. The molecule has 0 fully saturated rings. The summed E-state index contributed by atoms with van der Waals surface area (Å²) in [5.41, 5.74) is 4.79. The van der Waals surface area contributed by atoms with Crippen LogP contribution in [0, 0.1) is 5.92 Å². The van der Waals surface area contributed by atoms with E-state index in [-0.39, 0.29) is 5.92 Å². The first-order valence-electron chi connectivity index (χ1n) is 7.03. The monoisotopic (exact) mass is 306 g/mol. The molecule has 1 rings (SSSR count). The fourth-order valence-corrected chi connectivity index (χ4v) is 1.92. The number of carbonyl (C=O) groups is 3. The smallest absolute Gasteiger partial charge is 0.318 e. The third-order valence-electron chi connectivity index (χ3n) is 3.35. The summed E-state index contributed by atoms with van der Waals surface area (Å²) < 4.78 is 5.34. The van der Waals surface area contributed by atoms with E-state index in [0.29, 0.717) is 0 Å². The SMILES string of the molecule is CC(C)[C@H](OC(=O)C(C)(C)c1ccccc1)C(=O)NC(N)=O. The van der Waals surface area contributed by atoms with Gasteiger partial charge in [-0.3, -0.25) is 14.9 Å². The van der Waals surface area contributed by atoms with E-state index >= 15 is 0 Å². The highest BCUT2D eigenvalue weighted by Crippen LogP contribution is 2.26. The predicted octanol–water partition coefficient (Wildman–Crippen LogP) is 1.73. The van der Waals surface area contributed by atoms with Gasteiger partial charge in [-0.2, -0.15) is 0 Å². The third kappa shape index (κ3) is 4.31. The van der Waals surface area contributed by atoms with E-state index < -0.39 is 29.4 Å². The molecular formula is C16H22N2O4. The van der Waals surface area contributed by atoms with Crippen LogP contribution in [0.5, 0.6) is 0 Å². The van der Waals surface area contributed by atoms with Gasteiger partial charge in [-0.25, -0.2) is 4.79 Å². The van der Waals surface area contributed by atoms with E-state index in [1.54, 1.807) is 27.7 Å². The second kappa shape index (κ2) is 7.06. The number of nitrogens with two attached hydrogens (primary N) is 1. The van der Waals surface area contributed by atoms with Crippen LogP contribution in [-0.4, -0.2) is 24.0 Å². The van der Waals surface area contributed by atoms with Crippen LogP contribution in [0.4, 0.5) is 4.79 Å². The number of rotatable bonds is 5. The van der Waals surface area contributed by atoms with Crippen molar-refractivity contribution in [2.24, 2.45) is 11.7 Å². The summed E-state index contributed by atoms with van der Waals surface area (Å²) in [5, 5.41) is 1.94. The molecule has 120 valence electrons. The minimum Gasteiger partial charge on any atom is -0.451 e. The van der Waals surface area contributed by atoms with Gasteiger partial charge in [-0.05, 0) is 25.3 Å². The van der Waals surface area contributed by atoms with Gasteiger partial charge in [0.25, 0.3) is 5.91 Å². The first kappa shape index (κ1) is 17.7. The highest BCUT2D eigenvalue weighted by atomic mass is 16.5. The van der Waals surface area contributed by atoms with Gasteiger partial charge in [-0.1, -0.05) is 44.2 Å². The maximum atomic E-state index is 12.5. The number of carbonyl (C=O) groups excluding carboxylic acids is 3. The van der Waals surface area contributed by atoms with Crippen LogP contribution in [0.1, 0.15) is 33.3 Å². The van der Waals surface area contributed by atoms with Crippen LogP contribution < -0.4 is 11.1 Å². The van der Waals surface area contributed by atoms with Crippen molar-refractivity contribution in [3.8, 4) is 0 Å². The van der Waals surface area contributed by atoms with Crippen molar-refractivity contribution in [1.29, 1.82) is 0 Å². The van der Waals surface area contributed by atoms with Crippen molar-refractivity contribution in [2.45, 2.75) is 39.2 Å². The van der Waals surface area contributed by atoms with Crippen molar-refractivity contribution < 1.29 is 19.1 Å². The zero-order valence-electron chi connectivity index (χ0n) is 13.3. The Morgan fingerprint density at radius 3 is 2.14 bits per heavy atom. The number of urea groups is 1. The van der Waals surface area contributed by atoms with E-state index in [0.717, 1.165) is 5.56 Å². The number of benzene rings is 1. The lowest BCUT2D eigenvalue weighted by Crippen LogP contribution is -2.47. The number of nitrogens with one attached hydrogen (secondary N) is 1. The average molecular weight is 306 g/mol. The van der Waals surface area contributed by atoms with Crippen molar-refractivity contribution in [1.82, 2.24) is 5.32 Å². The summed E-state index contributed by atoms with van der Waals surface area (Å²) in [7, 11) is 0. The van der Waals surface area contributed by atoms with Crippen molar-refractivity contribution in [2.75, 3.05) is 0 Å². The lowest BCUT2D eigenvalue weighted by Gasteiger charge is -2.27. The minimum atomic E-state index is -1.08.